The SMILES string of the molecule is COc1ccc(C)cc1N(CC(=O)N(Cc1cccc(Br)c1)[C@@H](C)C(=O)NC(C)(C)C)S(=O)(=O)c1ccc(C)cc1. The molecule has 0 aliphatic heterocycles. The van der Waals surface area contributed by atoms with Gasteiger partial charge in [0, 0.05) is 16.6 Å². The van der Waals surface area contributed by atoms with Gasteiger partial charge < -0.3 is 15.0 Å². The maximum atomic E-state index is 14.1. The third-order valence-corrected chi connectivity index (χ3v) is 8.67. The van der Waals surface area contributed by atoms with E-state index in [1.807, 2.05) is 58.9 Å². The molecular formula is C31H38BrN3O5S. The molecule has 3 aromatic carbocycles. The lowest BCUT2D eigenvalue weighted by molar-refractivity contribution is -0.140. The van der Waals surface area contributed by atoms with Gasteiger partial charge in [-0.15, -0.1) is 0 Å². The summed E-state index contributed by atoms with van der Waals surface area (Å²) in [6.45, 7) is 10.5. The quantitative estimate of drug-likeness (QED) is 0.310. The first-order chi connectivity index (χ1) is 19.1. The number of hydrogen-bond acceptors (Lipinski definition) is 5. The Labute approximate surface area is 251 Å². The number of sulfonamides is 1. The number of benzene rings is 3. The van der Waals surface area contributed by atoms with E-state index in [-0.39, 0.29) is 23.0 Å². The highest BCUT2D eigenvalue weighted by Crippen LogP contribution is 2.34. The Morgan fingerprint density at radius 3 is 2.20 bits per heavy atom. The molecule has 0 saturated heterocycles. The summed E-state index contributed by atoms with van der Waals surface area (Å²) in [4.78, 5) is 28.8. The average Bonchev–Trinajstić information content (AvgIpc) is 2.89. The molecule has 2 amide bonds. The van der Waals surface area contributed by atoms with Crippen molar-refractivity contribution in [3.05, 3.63) is 87.9 Å². The van der Waals surface area contributed by atoms with Gasteiger partial charge in [-0.2, -0.15) is 0 Å². The Kier molecular flexibility index (Phi) is 10.3. The number of carbonyl (C=O) groups is 2. The van der Waals surface area contributed by atoms with E-state index in [1.54, 1.807) is 37.3 Å². The Bertz CT molecular complexity index is 1500. The molecule has 220 valence electrons. The summed E-state index contributed by atoms with van der Waals surface area (Å²) in [6.07, 6.45) is 0. The first kappa shape index (κ1) is 32.1. The smallest absolute Gasteiger partial charge is 0.264 e. The Morgan fingerprint density at radius 2 is 1.61 bits per heavy atom. The topological polar surface area (TPSA) is 96.0 Å². The van der Waals surface area contributed by atoms with Gasteiger partial charge in [0.05, 0.1) is 17.7 Å². The van der Waals surface area contributed by atoms with E-state index in [9.17, 15) is 18.0 Å². The number of ether oxygens (including phenoxy) is 1. The van der Waals surface area contributed by atoms with Crippen LogP contribution in [0.5, 0.6) is 5.75 Å². The monoisotopic (exact) mass is 643 g/mol. The van der Waals surface area contributed by atoms with Gasteiger partial charge in [-0.25, -0.2) is 8.42 Å². The molecule has 0 saturated carbocycles. The molecule has 0 fully saturated rings. The molecule has 0 aromatic heterocycles. The molecule has 1 atom stereocenters. The largest absolute Gasteiger partial charge is 0.495 e. The number of nitrogens with zero attached hydrogens (tertiary/aromatic N) is 2. The first-order valence-corrected chi connectivity index (χ1v) is 15.5. The summed E-state index contributed by atoms with van der Waals surface area (Å²) in [6, 6.07) is 18.1. The van der Waals surface area contributed by atoms with Crippen LogP contribution >= 0.6 is 15.9 Å². The summed E-state index contributed by atoms with van der Waals surface area (Å²) in [7, 11) is -2.76. The van der Waals surface area contributed by atoms with Gasteiger partial charge in [-0.3, -0.25) is 13.9 Å². The lowest BCUT2D eigenvalue weighted by Crippen LogP contribution is -2.54. The minimum absolute atomic E-state index is 0.0384. The van der Waals surface area contributed by atoms with Crippen LogP contribution in [0.4, 0.5) is 5.69 Å². The molecule has 10 heteroatoms. The average molecular weight is 645 g/mol. The molecule has 0 radical (unpaired) electrons. The molecule has 8 nitrogen and oxygen atoms in total. The summed E-state index contributed by atoms with van der Waals surface area (Å²) >= 11 is 3.46. The zero-order chi connectivity index (χ0) is 30.5. The molecular weight excluding hydrogens is 606 g/mol. The molecule has 1 N–H and O–H groups in total. The Hall–Kier alpha value is -3.37. The predicted octanol–water partition coefficient (Wildman–Crippen LogP) is 5.60. The van der Waals surface area contributed by atoms with Crippen LogP contribution in [0.2, 0.25) is 0 Å². The van der Waals surface area contributed by atoms with E-state index in [4.69, 9.17) is 4.74 Å². The van der Waals surface area contributed by atoms with Crippen molar-refractivity contribution < 1.29 is 22.7 Å². The standard InChI is InChI=1S/C31H38BrN3O5S/c1-21-11-14-26(15-12-21)41(38,39)35(27-17-22(2)13-16-28(27)40-7)20-29(36)34(19-24-9-8-10-25(32)18-24)23(3)30(37)33-31(4,5)6/h8-18,23H,19-20H2,1-7H3,(H,33,37)/t23-/m0/s1. The Balaban J connectivity index is 2.11. The van der Waals surface area contributed by atoms with Crippen molar-refractivity contribution in [2.45, 2.75) is 64.6 Å². The number of rotatable bonds is 10. The van der Waals surface area contributed by atoms with Crippen LogP contribution in [0.3, 0.4) is 0 Å². The number of aryl methyl sites for hydroxylation is 2. The van der Waals surface area contributed by atoms with Crippen LogP contribution < -0.4 is 14.4 Å². The van der Waals surface area contributed by atoms with Gasteiger partial charge in [0.2, 0.25) is 11.8 Å². The fraction of sp³-hybridized carbons (Fsp3) is 0.355. The first-order valence-electron chi connectivity index (χ1n) is 13.2. The van der Waals surface area contributed by atoms with Crippen LogP contribution in [-0.4, -0.2) is 50.4 Å². The van der Waals surface area contributed by atoms with Crippen molar-refractivity contribution in [2.24, 2.45) is 0 Å². The summed E-state index contributed by atoms with van der Waals surface area (Å²) in [5.74, 6) is -0.584. The minimum Gasteiger partial charge on any atom is -0.495 e. The normalized spacial score (nSPS) is 12.4. The number of anilines is 1. The van der Waals surface area contributed by atoms with Crippen LogP contribution in [0.25, 0.3) is 0 Å². The maximum absolute atomic E-state index is 14.1. The molecule has 41 heavy (non-hydrogen) atoms. The van der Waals surface area contributed by atoms with Crippen molar-refractivity contribution in [1.29, 1.82) is 0 Å². The zero-order valence-electron chi connectivity index (χ0n) is 24.6. The van der Waals surface area contributed by atoms with Crippen molar-refractivity contribution in [1.82, 2.24) is 10.2 Å². The van der Waals surface area contributed by atoms with Crippen LogP contribution in [-0.2, 0) is 26.2 Å². The second-order valence-electron chi connectivity index (χ2n) is 11.1. The van der Waals surface area contributed by atoms with E-state index in [0.717, 1.165) is 25.5 Å². The third kappa shape index (κ3) is 8.33. The molecule has 3 aromatic rings. The summed E-state index contributed by atoms with van der Waals surface area (Å²) < 4.78 is 35.6. The third-order valence-electron chi connectivity index (χ3n) is 6.40. The molecule has 0 bridgehead atoms. The summed E-state index contributed by atoms with van der Waals surface area (Å²) in [5, 5.41) is 2.93. The summed E-state index contributed by atoms with van der Waals surface area (Å²) in [5.41, 5.74) is 2.19. The van der Waals surface area contributed by atoms with E-state index < -0.39 is 34.1 Å². The second-order valence-corrected chi connectivity index (χ2v) is 13.8. The van der Waals surface area contributed by atoms with Gasteiger partial charge in [-0.1, -0.05) is 51.8 Å². The van der Waals surface area contributed by atoms with Crippen LogP contribution in [0.1, 0.15) is 44.4 Å². The fourth-order valence-electron chi connectivity index (χ4n) is 4.23. The Morgan fingerprint density at radius 1 is 0.976 bits per heavy atom. The lowest BCUT2D eigenvalue weighted by atomic mass is 10.1. The van der Waals surface area contributed by atoms with E-state index >= 15 is 0 Å². The van der Waals surface area contributed by atoms with Gasteiger partial charge in [-0.05, 0) is 89.1 Å². The molecule has 3 rings (SSSR count). The van der Waals surface area contributed by atoms with E-state index in [1.165, 1.54) is 24.1 Å². The van der Waals surface area contributed by atoms with E-state index in [0.29, 0.717) is 5.75 Å². The van der Waals surface area contributed by atoms with Gasteiger partial charge in [0.1, 0.15) is 18.3 Å². The predicted molar refractivity (Wildman–Crippen MR) is 165 cm³/mol. The van der Waals surface area contributed by atoms with Crippen LogP contribution in [0, 0.1) is 13.8 Å². The molecule has 0 aliphatic carbocycles. The van der Waals surface area contributed by atoms with Gasteiger partial charge >= 0.3 is 0 Å². The van der Waals surface area contributed by atoms with Crippen molar-refractivity contribution in [2.75, 3.05) is 18.0 Å². The number of nitrogens with one attached hydrogen (secondary N) is 1. The fourth-order valence-corrected chi connectivity index (χ4v) is 6.10. The highest BCUT2D eigenvalue weighted by Gasteiger charge is 2.34. The highest BCUT2D eigenvalue weighted by atomic mass is 79.9. The van der Waals surface area contributed by atoms with Crippen molar-refractivity contribution in [3.8, 4) is 5.75 Å². The highest BCUT2D eigenvalue weighted by molar-refractivity contribution is 9.10. The zero-order valence-corrected chi connectivity index (χ0v) is 27.0. The van der Waals surface area contributed by atoms with Gasteiger partial charge in [0.25, 0.3) is 10.0 Å². The number of halogens is 1. The maximum Gasteiger partial charge on any atom is 0.264 e. The number of amides is 2. The number of carbonyl (C=O) groups excluding carboxylic acids is 2. The number of hydrogen-bond donors (Lipinski definition) is 1. The lowest BCUT2D eigenvalue weighted by Gasteiger charge is -2.34. The van der Waals surface area contributed by atoms with E-state index in [2.05, 4.69) is 21.2 Å². The van der Waals surface area contributed by atoms with Crippen LogP contribution in [0.15, 0.2) is 76.1 Å². The van der Waals surface area contributed by atoms with Gasteiger partial charge in [0.15, 0.2) is 0 Å². The molecule has 0 spiro atoms. The second kappa shape index (κ2) is 13.1. The molecule has 0 heterocycles. The van der Waals surface area contributed by atoms with Crippen molar-refractivity contribution >= 4 is 43.5 Å². The van der Waals surface area contributed by atoms with Crippen molar-refractivity contribution in [3.63, 3.8) is 0 Å². The number of methoxy groups -OCH3 is 1. The molecule has 0 aliphatic rings. The molecule has 0 unspecified atom stereocenters. The minimum atomic E-state index is -4.21.